The molecular formula is C21H19N5O3. The van der Waals surface area contributed by atoms with Gasteiger partial charge in [-0.05, 0) is 24.6 Å². The molecule has 2 aromatic heterocycles. The molecular weight excluding hydrogens is 370 g/mol. The fourth-order valence-electron chi connectivity index (χ4n) is 2.77. The lowest BCUT2D eigenvalue weighted by Gasteiger charge is -2.06. The molecule has 0 unspecified atom stereocenters. The van der Waals surface area contributed by atoms with E-state index in [1.54, 1.807) is 17.9 Å². The van der Waals surface area contributed by atoms with Gasteiger partial charge >= 0.3 is 0 Å². The van der Waals surface area contributed by atoms with Crippen molar-refractivity contribution in [2.45, 2.75) is 20.1 Å². The van der Waals surface area contributed by atoms with Gasteiger partial charge in [0.1, 0.15) is 24.4 Å². The molecule has 0 atom stereocenters. The molecule has 0 saturated carbocycles. The topological polar surface area (TPSA) is 95.1 Å². The van der Waals surface area contributed by atoms with E-state index in [1.807, 2.05) is 60.7 Å². The lowest BCUT2D eigenvalue weighted by Crippen LogP contribution is -2.16. The van der Waals surface area contributed by atoms with Gasteiger partial charge < -0.3 is 9.26 Å². The number of para-hydroxylation sites is 1. The Morgan fingerprint density at radius 3 is 2.59 bits per heavy atom. The second kappa shape index (κ2) is 8.39. The molecule has 146 valence electrons. The van der Waals surface area contributed by atoms with Crippen molar-refractivity contribution in [3.05, 3.63) is 89.6 Å². The Balaban J connectivity index is 1.42. The molecule has 0 radical (unpaired) electrons. The van der Waals surface area contributed by atoms with E-state index in [1.165, 1.54) is 0 Å². The van der Waals surface area contributed by atoms with E-state index in [-0.39, 0.29) is 18.2 Å². The molecule has 0 aliphatic carbocycles. The van der Waals surface area contributed by atoms with E-state index in [0.29, 0.717) is 23.6 Å². The minimum absolute atomic E-state index is 0.151. The number of carbonyl (C=O) groups is 1. The normalized spacial score (nSPS) is 10.7. The van der Waals surface area contributed by atoms with Crippen molar-refractivity contribution in [2.75, 3.05) is 5.32 Å². The zero-order valence-corrected chi connectivity index (χ0v) is 15.8. The van der Waals surface area contributed by atoms with E-state index in [2.05, 4.69) is 20.6 Å². The van der Waals surface area contributed by atoms with Gasteiger partial charge in [-0.2, -0.15) is 0 Å². The summed E-state index contributed by atoms with van der Waals surface area (Å²) >= 11 is 0. The van der Waals surface area contributed by atoms with E-state index in [4.69, 9.17) is 9.26 Å². The number of nitrogens with one attached hydrogen (secondary N) is 1. The van der Waals surface area contributed by atoms with Gasteiger partial charge in [-0.25, -0.2) is 9.67 Å². The first-order valence-corrected chi connectivity index (χ1v) is 9.07. The van der Waals surface area contributed by atoms with Crippen LogP contribution in [-0.4, -0.2) is 25.8 Å². The number of nitrogens with zero attached hydrogens (tertiary/aromatic N) is 4. The summed E-state index contributed by atoms with van der Waals surface area (Å²) in [5.41, 5.74) is 1.82. The lowest BCUT2D eigenvalue weighted by molar-refractivity contribution is 0.101. The van der Waals surface area contributed by atoms with Gasteiger partial charge in [0.25, 0.3) is 5.91 Å². The molecule has 0 aliphatic rings. The fraction of sp³-hybridized carbons (Fsp3) is 0.143. The summed E-state index contributed by atoms with van der Waals surface area (Å²) in [4.78, 5) is 16.8. The number of aromatic nitrogens is 4. The lowest BCUT2D eigenvalue weighted by atomic mass is 10.2. The first-order chi connectivity index (χ1) is 14.2. The number of amides is 1. The molecule has 0 spiro atoms. The highest BCUT2D eigenvalue weighted by Gasteiger charge is 2.21. The van der Waals surface area contributed by atoms with Crippen molar-refractivity contribution >= 4 is 11.9 Å². The first-order valence-electron chi connectivity index (χ1n) is 9.07. The minimum atomic E-state index is -0.453. The van der Waals surface area contributed by atoms with Crippen LogP contribution in [0.15, 0.2) is 71.5 Å². The molecule has 4 aromatic rings. The van der Waals surface area contributed by atoms with Gasteiger partial charge in [0.05, 0.1) is 12.1 Å². The Kier molecular flexibility index (Phi) is 5.33. The summed E-state index contributed by atoms with van der Waals surface area (Å²) in [5.74, 6) is 0.960. The highest BCUT2D eigenvalue weighted by atomic mass is 16.5. The molecule has 1 N–H and O–H groups in total. The van der Waals surface area contributed by atoms with Crippen LogP contribution in [0.25, 0.3) is 0 Å². The third kappa shape index (κ3) is 4.49. The number of hydrogen-bond acceptors (Lipinski definition) is 6. The van der Waals surface area contributed by atoms with Crippen molar-refractivity contribution in [2.24, 2.45) is 0 Å². The Bertz CT molecular complexity index is 1090. The molecule has 0 bridgehead atoms. The Morgan fingerprint density at radius 1 is 1.10 bits per heavy atom. The van der Waals surface area contributed by atoms with Crippen molar-refractivity contribution in [1.82, 2.24) is 19.9 Å². The summed E-state index contributed by atoms with van der Waals surface area (Å²) in [6.07, 6.45) is 1.57. The van der Waals surface area contributed by atoms with Crippen molar-refractivity contribution in [3.8, 4) is 5.75 Å². The molecule has 2 heterocycles. The maximum absolute atomic E-state index is 12.6. The summed E-state index contributed by atoms with van der Waals surface area (Å²) in [7, 11) is 0. The largest absolute Gasteiger partial charge is 0.489 e. The SMILES string of the molecule is Cc1onc(C(=O)Nc2ncn(Cc3ccccc3)n2)c1COc1ccccc1. The van der Waals surface area contributed by atoms with Crippen LogP contribution in [0.4, 0.5) is 5.95 Å². The van der Waals surface area contributed by atoms with Gasteiger partial charge in [-0.1, -0.05) is 53.7 Å². The van der Waals surface area contributed by atoms with Gasteiger partial charge in [0.2, 0.25) is 5.95 Å². The number of benzene rings is 2. The smallest absolute Gasteiger partial charge is 0.280 e. The zero-order valence-electron chi connectivity index (χ0n) is 15.8. The van der Waals surface area contributed by atoms with Crippen molar-refractivity contribution < 1.29 is 14.1 Å². The number of ether oxygens (including phenoxy) is 1. The van der Waals surface area contributed by atoms with E-state index < -0.39 is 5.91 Å². The molecule has 0 saturated heterocycles. The Hall–Kier alpha value is -3.94. The van der Waals surface area contributed by atoms with Gasteiger partial charge in [0.15, 0.2) is 5.69 Å². The minimum Gasteiger partial charge on any atom is -0.489 e. The third-order valence-corrected chi connectivity index (χ3v) is 4.28. The average Bonchev–Trinajstić information content (AvgIpc) is 3.34. The Morgan fingerprint density at radius 2 is 1.83 bits per heavy atom. The third-order valence-electron chi connectivity index (χ3n) is 4.28. The van der Waals surface area contributed by atoms with Crippen LogP contribution in [0.1, 0.15) is 27.4 Å². The number of carbonyl (C=O) groups excluding carboxylic acids is 1. The maximum atomic E-state index is 12.6. The van der Waals surface area contributed by atoms with Gasteiger partial charge in [-0.15, -0.1) is 5.10 Å². The van der Waals surface area contributed by atoms with Crippen molar-refractivity contribution in [3.63, 3.8) is 0 Å². The zero-order chi connectivity index (χ0) is 20.1. The highest BCUT2D eigenvalue weighted by molar-refractivity contribution is 6.02. The van der Waals surface area contributed by atoms with Gasteiger partial charge in [0, 0.05) is 0 Å². The van der Waals surface area contributed by atoms with Crippen LogP contribution < -0.4 is 10.1 Å². The molecule has 0 aliphatic heterocycles. The van der Waals surface area contributed by atoms with Crippen LogP contribution in [0, 0.1) is 6.92 Å². The summed E-state index contributed by atoms with van der Waals surface area (Å²) in [5, 5.41) is 10.8. The highest BCUT2D eigenvalue weighted by Crippen LogP contribution is 2.18. The molecule has 1 amide bonds. The van der Waals surface area contributed by atoms with Crippen LogP contribution in [-0.2, 0) is 13.2 Å². The fourth-order valence-corrected chi connectivity index (χ4v) is 2.77. The number of anilines is 1. The standard InChI is InChI=1S/C21H19N5O3/c1-15-18(13-28-17-10-6-3-7-11-17)19(25-29-15)20(27)23-21-22-14-26(24-21)12-16-8-4-2-5-9-16/h2-11,14H,12-13H2,1H3,(H,23,24,27). The second-order valence-corrected chi connectivity index (χ2v) is 6.37. The van der Waals surface area contributed by atoms with E-state index in [9.17, 15) is 4.79 Å². The number of aryl methyl sites for hydroxylation is 1. The number of rotatable bonds is 7. The van der Waals surface area contributed by atoms with E-state index in [0.717, 1.165) is 5.56 Å². The predicted octanol–water partition coefficient (Wildman–Crippen LogP) is 3.45. The quantitative estimate of drug-likeness (QED) is 0.520. The van der Waals surface area contributed by atoms with Crippen LogP contribution in [0.3, 0.4) is 0 Å². The van der Waals surface area contributed by atoms with Crippen molar-refractivity contribution in [1.29, 1.82) is 0 Å². The van der Waals surface area contributed by atoms with Gasteiger partial charge in [-0.3, -0.25) is 10.1 Å². The maximum Gasteiger partial charge on any atom is 0.280 e. The number of hydrogen-bond donors (Lipinski definition) is 1. The summed E-state index contributed by atoms with van der Waals surface area (Å²) < 4.78 is 12.6. The molecule has 29 heavy (non-hydrogen) atoms. The molecule has 2 aromatic carbocycles. The first kappa shape index (κ1) is 18.4. The van der Waals surface area contributed by atoms with Crippen LogP contribution >= 0.6 is 0 Å². The van der Waals surface area contributed by atoms with Crippen LogP contribution in [0.5, 0.6) is 5.75 Å². The summed E-state index contributed by atoms with van der Waals surface area (Å²) in [6, 6.07) is 19.2. The molecule has 8 nitrogen and oxygen atoms in total. The monoisotopic (exact) mass is 389 g/mol. The summed E-state index contributed by atoms with van der Waals surface area (Å²) in [6.45, 7) is 2.46. The molecule has 4 rings (SSSR count). The molecule has 0 fully saturated rings. The average molecular weight is 389 g/mol. The second-order valence-electron chi connectivity index (χ2n) is 6.37. The predicted molar refractivity (Wildman–Crippen MR) is 106 cm³/mol. The van der Waals surface area contributed by atoms with Crippen LogP contribution in [0.2, 0.25) is 0 Å². The molecule has 8 heteroatoms. The Labute approximate surface area is 167 Å². The van der Waals surface area contributed by atoms with E-state index >= 15 is 0 Å².